The zero-order chi connectivity index (χ0) is 88.2. The smallest absolute Gasteiger partial charge is 0.374 e. The normalized spacial score (nSPS) is 18.9. The van der Waals surface area contributed by atoms with Crippen molar-refractivity contribution < 1.29 is 94.9 Å². The summed E-state index contributed by atoms with van der Waals surface area (Å²) in [6.45, 7) is 46.1. The van der Waals surface area contributed by atoms with E-state index in [-0.39, 0.29) is 173 Å². The first-order chi connectivity index (χ1) is 54.7. The van der Waals surface area contributed by atoms with Gasteiger partial charge in [0.2, 0.25) is 24.0 Å². The minimum Gasteiger partial charge on any atom is -0.462 e. The molecule has 21 atom stereocenters. The topological polar surface area (TPSA) is 269 Å². The molecule has 116 heavy (non-hydrogen) atoms. The fraction of sp³-hybridized carbons (Fsp3) is 0.796. The molecule has 0 bridgehead atoms. The van der Waals surface area contributed by atoms with E-state index in [1.54, 1.807) is 84.8 Å². The lowest BCUT2D eigenvalue weighted by Gasteiger charge is -2.35. The van der Waals surface area contributed by atoms with Gasteiger partial charge in [-0.3, -0.25) is 38.4 Å². The number of amides is 3. The van der Waals surface area contributed by atoms with E-state index in [1.165, 1.54) is 11.2 Å². The summed E-state index contributed by atoms with van der Waals surface area (Å²) in [5, 5.41) is 0. The molecule has 2 fully saturated rings. The highest BCUT2D eigenvalue weighted by Crippen LogP contribution is 2.36. The largest absolute Gasteiger partial charge is 0.462 e. The van der Waals surface area contributed by atoms with Gasteiger partial charge in [0.05, 0.1) is 54.7 Å². The minimum absolute atomic E-state index is 0.0249. The minimum atomic E-state index is -0.530. The van der Waals surface area contributed by atoms with Gasteiger partial charge in [-0.05, 0) is 117 Å². The number of rotatable bonds is 57. The van der Waals surface area contributed by atoms with Crippen LogP contribution in [-0.4, -0.2) is 192 Å². The third kappa shape index (κ3) is 39.0. The van der Waals surface area contributed by atoms with Crippen LogP contribution < -0.4 is 0 Å². The molecule has 3 amide bonds. The first-order valence-corrected chi connectivity index (χ1v) is 43.6. The molecule has 0 aliphatic carbocycles. The maximum Gasteiger partial charge on any atom is 0.374 e. The number of hydrogen-bond acceptors (Lipinski definition) is 20. The second kappa shape index (κ2) is 58.0. The first kappa shape index (κ1) is 108. The Morgan fingerprint density at radius 3 is 1.15 bits per heavy atom. The number of ketones is 2. The van der Waals surface area contributed by atoms with Crippen LogP contribution in [0.3, 0.4) is 0 Å². The Morgan fingerprint density at radius 1 is 0.457 bits per heavy atom. The van der Waals surface area contributed by atoms with E-state index in [1.807, 2.05) is 99.9 Å². The Hall–Kier alpha value is -6.11. The van der Waals surface area contributed by atoms with Gasteiger partial charge in [0.15, 0.2) is 0 Å². The number of methoxy groups -OCH3 is 6. The summed E-state index contributed by atoms with van der Waals surface area (Å²) < 4.78 is 64.4. The van der Waals surface area contributed by atoms with E-state index in [2.05, 4.69) is 76.2 Å². The fourth-order valence-corrected chi connectivity index (χ4v) is 15.4. The number of ether oxygens (including phenoxy) is 10. The van der Waals surface area contributed by atoms with Crippen LogP contribution in [0.15, 0.2) is 59.6 Å². The molecule has 1 aromatic heterocycles. The van der Waals surface area contributed by atoms with E-state index in [9.17, 15) is 43.2 Å². The van der Waals surface area contributed by atoms with E-state index >= 15 is 0 Å². The van der Waals surface area contributed by atoms with Gasteiger partial charge in [-0.25, -0.2) is 4.79 Å². The highest BCUT2D eigenvalue weighted by Gasteiger charge is 2.39. The van der Waals surface area contributed by atoms with Gasteiger partial charge in [0, 0.05) is 168 Å². The predicted molar refractivity (Wildman–Crippen MR) is 456 cm³/mol. The Kier molecular flexibility index (Phi) is 53.9. The van der Waals surface area contributed by atoms with Crippen molar-refractivity contribution in [3.8, 4) is 0 Å². The lowest BCUT2D eigenvalue weighted by atomic mass is 9.80. The molecule has 1 aromatic rings. The van der Waals surface area contributed by atoms with Crippen molar-refractivity contribution in [2.24, 2.45) is 94.7 Å². The molecule has 23 nitrogen and oxygen atoms in total. The summed E-state index contributed by atoms with van der Waals surface area (Å²) in [4.78, 5) is 114. The lowest BCUT2D eigenvalue weighted by Crippen LogP contribution is -2.40. The molecule has 2 saturated heterocycles. The summed E-state index contributed by atoms with van der Waals surface area (Å²) in [5.74, 6) is 1.29. The second-order valence-electron chi connectivity index (χ2n) is 34.8. The Balaban J connectivity index is 0.000000870. The fourth-order valence-electron chi connectivity index (χ4n) is 15.4. The summed E-state index contributed by atoms with van der Waals surface area (Å²) in [6.07, 6.45) is 22.8. The van der Waals surface area contributed by atoms with Crippen LogP contribution in [0.2, 0.25) is 0 Å². The van der Waals surface area contributed by atoms with Crippen LogP contribution in [0.25, 0.3) is 0 Å². The van der Waals surface area contributed by atoms with Crippen molar-refractivity contribution >= 4 is 53.7 Å². The molecular weight excluding hydrogens is 1480 g/mol. The summed E-state index contributed by atoms with van der Waals surface area (Å²) in [6, 6.07) is 3.22. The Labute approximate surface area is 701 Å². The molecule has 668 valence electrons. The number of likely N-dealkylation sites (tertiary alicyclic amines) is 2. The van der Waals surface area contributed by atoms with Gasteiger partial charge in [-0.15, -0.1) is 0 Å². The van der Waals surface area contributed by atoms with Gasteiger partial charge in [0.1, 0.15) is 36.0 Å². The van der Waals surface area contributed by atoms with E-state index in [4.69, 9.17) is 51.8 Å². The maximum absolute atomic E-state index is 12.9. The molecule has 3 heterocycles. The van der Waals surface area contributed by atoms with Crippen LogP contribution in [-0.2, 0) is 85.7 Å². The van der Waals surface area contributed by atoms with Crippen molar-refractivity contribution in [3.63, 3.8) is 0 Å². The predicted octanol–water partition coefficient (Wildman–Crippen LogP) is 18.0. The number of furan rings is 1. The number of β-lactam (4-membered cyclic amide) rings is 1. The molecular formula is C93H161N3O20. The molecule has 0 radical (unpaired) electrons. The summed E-state index contributed by atoms with van der Waals surface area (Å²) in [5.41, 5.74) is 0. The van der Waals surface area contributed by atoms with Gasteiger partial charge in [-0.2, -0.15) is 0 Å². The van der Waals surface area contributed by atoms with Crippen molar-refractivity contribution in [3.05, 3.63) is 61.0 Å². The molecule has 2 aliphatic rings. The number of esters is 4. The van der Waals surface area contributed by atoms with Gasteiger partial charge < -0.3 is 66.5 Å². The zero-order valence-electron chi connectivity index (χ0n) is 77.2. The van der Waals surface area contributed by atoms with E-state index in [0.717, 1.165) is 51.6 Å². The molecule has 0 spiro atoms. The summed E-state index contributed by atoms with van der Waals surface area (Å²) in [7, 11) is 11.8. The number of carbonyl (C=O) groups is 9. The molecule has 0 N–H and O–H groups in total. The highest BCUT2D eigenvalue weighted by molar-refractivity contribution is 5.86. The quantitative estimate of drug-likeness (QED) is 0.0254. The van der Waals surface area contributed by atoms with E-state index in [0.29, 0.717) is 100 Å². The summed E-state index contributed by atoms with van der Waals surface area (Å²) >= 11 is 0. The SMILES string of the molecule is CCC(=O)C[C@@H](C[C@H](OC)[C@@H](C)CC[C@@H](OC(=O)C(C)C)[C@H](C)[C@H](OC)[C@H](C)/C=C/N1CCC1=O)C(C)C.CCC(=O)C[C@@H](C[C@H](OC)[C@@H](C)CC[C@@H](OC(=O)C(C)C)[C@H](C)[C@H](OC)[C@H](C)/C=C/N1CCCC1=O)C(C)C.CCC(=O)O[C@@H](C[C@H](OC)[C@@H](C)CC[C@@H](OC(=O)c1ccco1)[C@H](C)[C@H](OC)[C@H](C)/C=C/N(C)C=O)C(C)C. The van der Waals surface area contributed by atoms with Gasteiger partial charge in [-0.1, -0.05) is 171 Å². The molecule has 0 unspecified atom stereocenters. The van der Waals surface area contributed by atoms with Crippen molar-refractivity contribution in [2.75, 3.05) is 62.8 Å². The lowest BCUT2D eigenvalue weighted by molar-refractivity contribution is -0.160. The molecule has 23 heteroatoms. The standard InChI is InChI=1S/C32H57NO6.C31H55NO6.C30H49NO8/c1-11-27(34)19-26(21(2)3)20-29(37-9)23(6)14-15-28(39-32(36)22(4)5)25(8)31(38-10)24(7)16-18-33-17-12-13-30(33)35;1-11-26(33)18-25(20(2)3)19-28(36-9)22(6)12-13-27(38-31(35)21(4)5)24(8)30(37-10)23(7)14-16-32-17-15-29(32)34;1-10-28(33)38-26(20(2)3)18-27(35-8)21(4)13-14-24(39-30(34)25-12-11-17-37-25)23(6)29(36-9)22(5)15-16-31(7)19-32/h16,18,21-26,28-29,31H,11-15,17,19-20H2,1-10H3;14,16,20-25,27-28,30H,11-13,15,17-19H2,1-10H3;11-12,15-17,19-24,26-27,29H,10,13-14,18H2,1-9H3/b18-16+;16-14+;16-15+/t23-,24+,25-,26-,28+,29-,31+;22-,23+,24-,25-,27+,28-,30+;21-,22+,23-,24+,26-,27-,29+/m000/s1. The van der Waals surface area contributed by atoms with Crippen LogP contribution in [0.4, 0.5) is 0 Å². The third-order valence-corrected chi connectivity index (χ3v) is 24.1. The van der Waals surface area contributed by atoms with Crippen LogP contribution in [0.5, 0.6) is 0 Å². The van der Waals surface area contributed by atoms with E-state index < -0.39 is 12.1 Å². The first-order valence-electron chi connectivity index (χ1n) is 43.6. The van der Waals surface area contributed by atoms with Crippen molar-refractivity contribution in [1.29, 1.82) is 0 Å². The molecule has 0 aromatic carbocycles. The Morgan fingerprint density at radius 2 is 0.845 bits per heavy atom. The van der Waals surface area contributed by atoms with Crippen molar-refractivity contribution in [2.45, 2.75) is 323 Å². The zero-order valence-corrected chi connectivity index (χ0v) is 77.2. The number of Topliss-reactive ketones (excluding diaryl/α,β-unsaturated/α-hetero) is 2. The molecule has 3 rings (SSSR count). The van der Waals surface area contributed by atoms with Crippen LogP contribution >= 0.6 is 0 Å². The van der Waals surface area contributed by atoms with Crippen molar-refractivity contribution in [1.82, 2.24) is 14.7 Å². The maximum atomic E-state index is 12.9. The molecule has 2 aliphatic heterocycles. The Bertz CT molecular complexity index is 3040. The average Bonchev–Trinajstić information content (AvgIpc) is 1.00. The number of carbonyl (C=O) groups excluding carboxylic acids is 9. The van der Waals surface area contributed by atoms with Crippen LogP contribution in [0.1, 0.15) is 272 Å². The highest BCUT2D eigenvalue weighted by atomic mass is 16.6. The average molecular weight is 1640 g/mol. The van der Waals surface area contributed by atoms with Gasteiger partial charge >= 0.3 is 23.9 Å². The van der Waals surface area contributed by atoms with Crippen LogP contribution in [0, 0.1) is 94.7 Å². The number of hydrogen-bond donors (Lipinski definition) is 0. The third-order valence-electron chi connectivity index (χ3n) is 24.1. The monoisotopic (exact) mass is 1640 g/mol. The molecule has 0 saturated carbocycles. The second-order valence-corrected chi connectivity index (χ2v) is 34.8. The number of nitrogens with zero attached hydrogens (tertiary/aromatic N) is 3. The van der Waals surface area contributed by atoms with Gasteiger partial charge in [0.25, 0.3) is 0 Å².